The molecular weight excluding hydrogens is 254 g/mol. The van der Waals surface area contributed by atoms with Crippen LogP contribution in [0.1, 0.15) is 26.2 Å². The third-order valence-electron chi connectivity index (χ3n) is 3.49. The molecule has 0 aromatic carbocycles. The van der Waals surface area contributed by atoms with Crippen molar-refractivity contribution in [2.24, 2.45) is 5.92 Å². The Kier molecular flexibility index (Phi) is 4.01. The van der Waals surface area contributed by atoms with E-state index in [4.69, 9.17) is 11.6 Å². The van der Waals surface area contributed by atoms with Crippen molar-refractivity contribution in [3.63, 3.8) is 0 Å². The first-order chi connectivity index (χ1) is 8.61. The lowest BCUT2D eigenvalue weighted by Crippen LogP contribution is -2.47. The van der Waals surface area contributed by atoms with E-state index in [9.17, 15) is 9.90 Å². The van der Waals surface area contributed by atoms with Gasteiger partial charge >= 0.3 is 5.97 Å². The summed E-state index contributed by atoms with van der Waals surface area (Å²) in [6.45, 7) is 2.80. The summed E-state index contributed by atoms with van der Waals surface area (Å²) in [7, 11) is 0. The number of aromatic nitrogens is 2. The molecule has 0 radical (unpaired) electrons. The summed E-state index contributed by atoms with van der Waals surface area (Å²) in [5, 5.41) is 17.4. The molecule has 0 amide bonds. The van der Waals surface area contributed by atoms with Gasteiger partial charge < -0.3 is 10.0 Å². The van der Waals surface area contributed by atoms with Gasteiger partial charge in [-0.3, -0.25) is 0 Å². The second-order valence-electron chi connectivity index (χ2n) is 4.56. The molecule has 2 heterocycles. The third-order valence-corrected chi connectivity index (χ3v) is 3.69. The third kappa shape index (κ3) is 2.72. The van der Waals surface area contributed by atoms with Crippen molar-refractivity contribution in [2.75, 3.05) is 11.4 Å². The molecule has 2 rings (SSSR count). The predicted octanol–water partition coefficient (Wildman–Crippen LogP) is 2.21. The maximum absolute atomic E-state index is 11.4. The largest absolute Gasteiger partial charge is 0.480 e. The molecule has 2 unspecified atom stereocenters. The minimum atomic E-state index is -0.801. The van der Waals surface area contributed by atoms with Gasteiger partial charge in [0.1, 0.15) is 6.04 Å². The lowest BCUT2D eigenvalue weighted by atomic mass is 9.89. The molecule has 5 nitrogen and oxygen atoms in total. The van der Waals surface area contributed by atoms with Crippen LogP contribution >= 0.6 is 11.6 Å². The summed E-state index contributed by atoms with van der Waals surface area (Å²) < 4.78 is 0. The first-order valence-corrected chi connectivity index (χ1v) is 6.48. The van der Waals surface area contributed by atoms with Crippen LogP contribution in [0.5, 0.6) is 0 Å². The van der Waals surface area contributed by atoms with Crippen molar-refractivity contribution in [3.05, 3.63) is 17.3 Å². The number of hydrogen-bond acceptors (Lipinski definition) is 4. The fraction of sp³-hybridized carbons (Fsp3) is 0.583. The van der Waals surface area contributed by atoms with Crippen molar-refractivity contribution >= 4 is 23.4 Å². The molecule has 18 heavy (non-hydrogen) atoms. The number of halogens is 1. The SMILES string of the molecule is CCC1CCN(c2ccc(Cl)nn2)C(C(=O)O)C1. The molecule has 0 spiro atoms. The molecule has 0 aliphatic carbocycles. The van der Waals surface area contributed by atoms with Crippen LogP contribution in [-0.4, -0.2) is 33.9 Å². The first kappa shape index (κ1) is 13.1. The van der Waals surface area contributed by atoms with Crippen LogP contribution in [0.4, 0.5) is 5.82 Å². The summed E-state index contributed by atoms with van der Waals surface area (Å²) in [6, 6.07) is 2.84. The van der Waals surface area contributed by atoms with Crippen molar-refractivity contribution in [3.8, 4) is 0 Å². The number of anilines is 1. The Morgan fingerprint density at radius 1 is 1.56 bits per heavy atom. The van der Waals surface area contributed by atoms with Crippen LogP contribution < -0.4 is 4.90 Å². The minimum Gasteiger partial charge on any atom is -0.480 e. The van der Waals surface area contributed by atoms with Crippen molar-refractivity contribution in [1.82, 2.24) is 10.2 Å². The Morgan fingerprint density at radius 2 is 2.33 bits per heavy atom. The van der Waals surface area contributed by atoms with E-state index < -0.39 is 12.0 Å². The molecule has 1 saturated heterocycles. The van der Waals surface area contributed by atoms with Crippen LogP contribution in [0.3, 0.4) is 0 Å². The quantitative estimate of drug-likeness (QED) is 0.911. The van der Waals surface area contributed by atoms with Gasteiger partial charge in [-0.15, -0.1) is 10.2 Å². The van der Waals surface area contributed by atoms with E-state index in [1.165, 1.54) is 0 Å². The number of carboxylic acids is 1. The zero-order valence-electron chi connectivity index (χ0n) is 10.2. The molecule has 0 bridgehead atoms. The standard InChI is InChI=1S/C12H16ClN3O2/c1-2-8-5-6-16(9(7-8)12(17)18)11-4-3-10(13)14-15-11/h3-4,8-9H,2,5-7H2,1H3,(H,17,18). The Morgan fingerprint density at radius 3 is 2.89 bits per heavy atom. The van der Waals surface area contributed by atoms with Gasteiger partial charge in [-0.1, -0.05) is 24.9 Å². The zero-order valence-corrected chi connectivity index (χ0v) is 11.0. The lowest BCUT2D eigenvalue weighted by Gasteiger charge is -2.37. The number of carboxylic acid groups (broad SMARTS) is 1. The van der Waals surface area contributed by atoms with E-state index in [2.05, 4.69) is 17.1 Å². The van der Waals surface area contributed by atoms with Gasteiger partial charge in [0.25, 0.3) is 0 Å². The van der Waals surface area contributed by atoms with E-state index >= 15 is 0 Å². The van der Waals surface area contributed by atoms with Crippen LogP contribution in [0.25, 0.3) is 0 Å². The second kappa shape index (κ2) is 5.52. The summed E-state index contributed by atoms with van der Waals surface area (Å²) in [5.74, 6) is 0.258. The van der Waals surface area contributed by atoms with Crippen LogP contribution in [0.15, 0.2) is 12.1 Å². The van der Waals surface area contributed by atoms with Crippen LogP contribution in [0, 0.1) is 5.92 Å². The maximum Gasteiger partial charge on any atom is 0.326 e. The fourth-order valence-corrected chi connectivity index (χ4v) is 2.48. The number of carbonyl (C=O) groups is 1. The summed E-state index contributed by atoms with van der Waals surface area (Å²) in [6.07, 6.45) is 2.67. The Hall–Kier alpha value is -1.36. The van der Waals surface area contributed by atoms with Crippen molar-refractivity contribution in [1.29, 1.82) is 0 Å². The van der Waals surface area contributed by atoms with Crippen LogP contribution in [-0.2, 0) is 4.79 Å². The molecule has 0 saturated carbocycles. The second-order valence-corrected chi connectivity index (χ2v) is 4.95. The van der Waals surface area contributed by atoms with Gasteiger partial charge in [-0.25, -0.2) is 4.79 Å². The topological polar surface area (TPSA) is 66.3 Å². The number of rotatable bonds is 3. The summed E-state index contributed by atoms with van der Waals surface area (Å²) in [4.78, 5) is 13.2. The normalized spacial score (nSPS) is 24.0. The molecule has 1 fully saturated rings. The molecule has 1 N–H and O–H groups in total. The smallest absolute Gasteiger partial charge is 0.326 e. The Balaban J connectivity index is 2.20. The minimum absolute atomic E-state index is 0.314. The highest BCUT2D eigenvalue weighted by Gasteiger charge is 2.33. The van der Waals surface area contributed by atoms with Gasteiger partial charge in [0.15, 0.2) is 11.0 Å². The molecule has 1 aliphatic rings. The van der Waals surface area contributed by atoms with Gasteiger partial charge in [0.2, 0.25) is 0 Å². The highest BCUT2D eigenvalue weighted by Crippen LogP contribution is 2.28. The number of piperidine rings is 1. The average molecular weight is 270 g/mol. The molecule has 2 atom stereocenters. The van der Waals surface area contributed by atoms with E-state index in [1.54, 1.807) is 17.0 Å². The maximum atomic E-state index is 11.4. The van der Waals surface area contributed by atoms with Crippen LogP contribution in [0.2, 0.25) is 5.15 Å². The Bertz CT molecular complexity index is 424. The Labute approximate surface area is 111 Å². The van der Waals surface area contributed by atoms with Gasteiger partial charge in [0, 0.05) is 6.54 Å². The van der Waals surface area contributed by atoms with Crippen molar-refractivity contribution in [2.45, 2.75) is 32.2 Å². The first-order valence-electron chi connectivity index (χ1n) is 6.10. The van der Waals surface area contributed by atoms with Gasteiger partial charge in [-0.2, -0.15) is 0 Å². The average Bonchev–Trinajstić information content (AvgIpc) is 2.39. The zero-order chi connectivity index (χ0) is 13.1. The summed E-state index contributed by atoms with van der Waals surface area (Å²) in [5.41, 5.74) is 0. The molecule has 1 aromatic heterocycles. The van der Waals surface area contributed by atoms with Gasteiger partial charge in [0.05, 0.1) is 0 Å². The summed E-state index contributed by atoms with van der Waals surface area (Å²) >= 11 is 5.69. The number of nitrogens with zero attached hydrogens (tertiary/aromatic N) is 3. The number of aliphatic carboxylic acids is 1. The van der Waals surface area contributed by atoms with E-state index in [0.29, 0.717) is 29.9 Å². The van der Waals surface area contributed by atoms with E-state index in [1.807, 2.05) is 0 Å². The molecule has 1 aliphatic heterocycles. The lowest BCUT2D eigenvalue weighted by molar-refractivity contribution is -0.139. The molecular formula is C12H16ClN3O2. The molecule has 1 aromatic rings. The monoisotopic (exact) mass is 269 g/mol. The highest BCUT2D eigenvalue weighted by molar-refractivity contribution is 6.29. The molecule has 6 heteroatoms. The van der Waals surface area contributed by atoms with E-state index in [-0.39, 0.29) is 0 Å². The molecule has 98 valence electrons. The number of hydrogen-bond donors (Lipinski definition) is 1. The predicted molar refractivity (Wildman–Crippen MR) is 68.8 cm³/mol. The van der Waals surface area contributed by atoms with E-state index in [0.717, 1.165) is 12.8 Å². The van der Waals surface area contributed by atoms with Crippen molar-refractivity contribution < 1.29 is 9.90 Å². The highest BCUT2D eigenvalue weighted by atomic mass is 35.5. The van der Waals surface area contributed by atoms with Gasteiger partial charge in [-0.05, 0) is 30.9 Å². The fourth-order valence-electron chi connectivity index (χ4n) is 2.38.